The number of aryl methyl sites for hydroxylation is 1. The van der Waals surface area contributed by atoms with Crippen molar-refractivity contribution in [3.63, 3.8) is 0 Å². The van der Waals surface area contributed by atoms with Crippen LogP contribution in [0.15, 0.2) is 61.2 Å². The molecule has 0 saturated carbocycles. The van der Waals surface area contributed by atoms with Gasteiger partial charge in [0.15, 0.2) is 5.82 Å². The second-order valence-corrected chi connectivity index (χ2v) is 6.08. The number of para-hydroxylation sites is 2. The molecule has 0 spiro atoms. The van der Waals surface area contributed by atoms with Crippen LogP contribution in [-0.2, 0) is 0 Å². The molecule has 1 atom stereocenters. The second kappa shape index (κ2) is 6.84. The highest BCUT2D eigenvalue weighted by Gasteiger charge is 2.13. The van der Waals surface area contributed by atoms with Crippen molar-refractivity contribution >= 4 is 16.9 Å². The fourth-order valence-corrected chi connectivity index (χ4v) is 2.87. The molecule has 0 saturated heterocycles. The number of hydrogen-bond acceptors (Lipinski definition) is 6. The number of pyridine rings is 1. The molecule has 3 heterocycles. The lowest BCUT2D eigenvalue weighted by Gasteiger charge is -2.17. The van der Waals surface area contributed by atoms with Gasteiger partial charge >= 0.3 is 0 Å². The number of anilines is 1. The first-order chi connectivity index (χ1) is 12.7. The topological polar surface area (TPSA) is 76.5 Å². The molecule has 26 heavy (non-hydrogen) atoms. The van der Waals surface area contributed by atoms with Crippen molar-refractivity contribution in [3.05, 3.63) is 72.4 Å². The Morgan fingerprint density at radius 1 is 0.885 bits per heavy atom. The van der Waals surface area contributed by atoms with Gasteiger partial charge in [-0.2, -0.15) is 0 Å². The van der Waals surface area contributed by atoms with Crippen LogP contribution in [0.4, 0.5) is 5.82 Å². The van der Waals surface area contributed by atoms with Crippen molar-refractivity contribution in [2.45, 2.75) is 19.9 Å². The van der Waals surface area contributed by atoms with E-state index in [-0.39, 0.29) is 6.04 Å². The number of nitrogens with one attached hydrogen (secondary N) is 1. The Labute approximate surface area is 151 Å². The second-order valence-electron chi connectivity index (χ2n) is 6.08. The van der Waals surface area contributed by atoms with Gasteiger partial charge in [-0.05, 0) is 38.1 Å². The minimum atomic E-state index is 0.0111. The lowest BCUT2D eigenvalue weighted by molar-refractivity contribution is 0.838. The number of hydrogen-bond donors (Lipinski definition) is 1. The molecule has 0 amide bonds. The zero-order valence-corrected chi connectivity index (χ0v) is 14.6. The summed E-state index contributed by atoms with van der Waals surface area (Å²) >= 11 is 0. The van der Waals surface area contributed by atoms with Crippen LogP contribution in [0.2, 0.25) is 0 Å². The highest BCUT2D eigenvalue weighted by molar-refractivity contribution is 5.75. The summed E-state index contributed by atoms with van der Waals surface area (Å²) in [7, 11) is 0. The fourth-order valence-electron chi connectivity index (χ4n) is 2.87. The number of fused-ring (bicyclic) bond motifs is 1. The zero-order chi connectivity index (χ0) is 17.9. The molecule has 4 aromatic rings. The largest absolute Gasteiger partial charge is 0.362 e. The van der Waals surface area contributed by atoms with Crippen molar-refractivity contribution in [3.8, 4) is 11.4 Å². The molecule has 128 valence electrons. The third kappa shape index (κ3) is 3.21. The van der Waals surface area contributed by atoms with E-state index in [2.05, 4.69) is 37.2 Å². The molecule has 1 N–H and O–H groups in total. The van der Waals surface area contributed by atoms with Gasteiger partial charge in [-0.25, -0.2) is 15.0 Å². The van der Waals surface area contributed by atoms with Crippen LogP contribution >= 0.6 is 0 Å². The Morgan fingerprint density at radius 3 is 2.42 bits per heavy atom. The summed E-state index contributed by atoms with van der Waals surface area (Å²) in [6, 6.07) is 11.6. The van der Waals surface area contributed by atoms with Crippen LogP contribution in [0, 0.1) is 6.92 Å². The lowest BCUT2D eigenvalue weighted by Crippen LogP contribution is -2.11. The summed E-state index contributed by atoms with van der Waals surface area (Å²) in [6.07, 6.45) is 7.10. The first-order valence-corrected chi connectivity index (χ1v) is 8.43. The van der Waals surface area contributed by atoms with E-state index in [0.29, 0.717) is 5.82 Å². The average molecular weight is 342 g/mol. The van der Waals surface area contributed by atoms with E-state index in [4.69, 9.17) is 0 Å². The lowest BCUT2D eigenvalue weighted by atomic mass is 10.1. The molecule has 0 unspecified atom stereocenters. The van der Waals surface area contributed by atoms with Crippen molar-refractivity contribution in [2.24, 2.45) is 0 Å². The van der Waals surface area contributed by atoms with Crippen molar-refractivity contribution in [2.75, 3.05) is 5.32 Å². The molecule has 0 aliphatic carbocycles. The minimum absolute atomic E-state index is 0.0111. The zero-order valence-electron chi connectivity index (χ0n) is 14.6. The smallest absolute Gasteiger partial charge is 0.159 e. The van der Waals surface area contributed by atoms with Crippen LogP contribution in [-0.4, -0.2) is 24.9 Å². The normalized spacial score (nSPS) is 12.1. The summed E-state index contributed by atoms with van der Waals surface area (Å²) in [5, 5.41) is 3.39. The SMILES string of the molecule is Cc1nc(-c2ccncc2)ncc1[C@@H](C)Nc1cnc2ccccc2n1. The van der Waals surface area contributed by atoms with Crippen LogP contribution in [0.1, 0.15) is 24.2 Å². The Hall–Kier alpha value is -3.41. The quantitative estimate of drug-likeness (QED) is 0.605. The maximum Gasteiger partial charge on any atom is 0.159 e. The first kappa shape index (κ1) is 16.1. The van der Waals surface area contributed by atoms with Crippen molar-refractivity contribution in [1.82, 2.24) is 24.9 Å². The first-order valence-electron chi connectivity index (χ1n) is 8.43. The molecule has 0 fully saturated rings. The van der Waals surface area contributed by atoms with E-state index in [1.54, 1.807) is 18.6 Å². The molecule has 0 aliphatic heterocycles. The summed E-state index contributed by atoms with van der Waals surface area (Å²) in [5.74, 6) is 1.43. The van der Waals surface area contributed by atoms with Gasteiger partial charge < -0.3 is 5.32 Å². The molecule has 0 aliphatic rings. The number of benzene rings is 1. The molecule has 1 aromatic carbocycles. The van der Waals surface area contributed by atoms with E-state index < -0.39 is 0 Å². The van der Waals surface area contributed by atoms with Gasteiger partial charge in [0.1, 0.15) is 5.82 Å². The van der Waals surface area contributed by atoms with Crippen molar-refractivity contribution < 1.29 is 0 Å². The highest BCUT2D eigenvalue weighted by Crippen LogP contribution is 2.22. The van der Waals surface area contributed by atoms with Gasteiger partial charge in [-0.15, -0.1) is 0 Å². The number of rotatable bonds is 4. The van der Waals surface area contributed by atoms with E-state index in [1.165, 1.54) is 0 Å². The third-order valence-electron chi connectivity index (χ3n) is 4.24. The summed E-state index contributed by atoms with van der Waals surface area (Å²) in [5.41, 5.74) is 4.66. The summed E-state index contributed by atoms with van der Waals surface area (Å²) in [6.45, 7) is 4.06. The van der Waals surface area contributed by atoms with E-state index in [1.807, 2.05) is 49.5 Å². The van der Waals surface area contributed by atoms with Gasteiger partial charge in [-0.1, -0.05) is 12.1 Å². The van der Waals surface area contributed by atoms with Crippen LogP contribution in [0.25, 0.3) is 22.4 Å². The molecule has 6 heteroatoms. The van der Waals surface area contributed by atoms with Crippen LogP contribution in [0.3, 0.4) is 0 Å². The van der Waals surface area contributed by atoms with Gasteiger partial charge in [-0.3, -0.25) is 9.97 Å². The molecule has 3 aromatic heterocycles. The minimum Gasteiger partial charge on any atom is -0.362 e. The molecular formula is C20H18N6. The van der Waals surface area contributed by atoms with E-state index in [0.717, 1.165) is 33.7 Å². The molecule has 0 bridgehead atoms. The standard InChI is InChI=1S/C20H18N6/c1-13(24-19-12-22-17-5-3-4-6-18(17)26-19)16-11-23-20(25-14(16)2)15-7-9-21-10-8-15/h3-13H,1-2H3,(H,24,26)/t13-/m1/s1. The Balaban J connectivity index is 1.58. The fraction of sp³-hybridized carbons (Fsp3) is 0.150. The van der Waals surface area contributed by atoms with E-state index in [9.17, 15) is 0 Å². The predicted molar refractivity (Wildman–Crippen MR) is 102 cm³/mol. The number of aromatic nitrogens is 5. The highest BCUT2D eigenvalue weighted by atomic mass is 15.0. The maximum absolute atomic E-state index is 4.64. The summed E-state index contributed by atoms with van der Waals surface area (Å²) in [4.78, 5) is 22.2. The number of nitrogens with zero attached hydrogens (tertiary/aromatic N) is 5. The monoisotopic (exact) mass is 342 g/mol. The van der Waals surface area contributed by atoms with Gasteiger partial charge in [0.25, 0.3) is 0 Å². The summed E-state index contributed by atoms with van der Waals surface area (Å²) < 4.78 is 0. The van der Waals surface area contributed by atoms with E-state index >= 15 is 0 Å². The van der Waals surface area contributed by atoms with Gasteiger partial charge in [0.05, 0.1) is 23.3 Å². The van der Waals surface area contributed by atoms with Crippen LogP contribution in [0.5, 0.6) is 0 Å². The molecular weight excluding hydrogens is 324 g/mol. The van der Waals surface area contributed by atoms with Gasteiger partial charge in [0.2, 0.25) is 0 Å². The third-order valence-corrected chi connectivity index (χ3v) is 4.24. The Morgan fingerprint density at radius 2 is 1.65 bits per heavy atom. The molecule has 4 rings (SSSR count). The predicted octanol–water partition coefficient (Wildman–Crippen LogP) is 3.96. The maximum atomic E-state index is 4.64. The Kier molecular flexibility index (Phi) is 4.23. The molecule has 0 radical (unpaired) electrons. The van der Waals surface area contributed by atoms with Gasteiger partial charge in [0, 0.05) is 35.4 Å². The average Bonchev–Trinajstić information content (AvgIpc) is 2.68. The van der Waals surface area contributed by atoms with Crippen LogP contribution < -0.4 is 5.32 Å². The Bertz CT molecular complexity index is 1050. The molecule has 6 nitrogen and oxygen atoms in total. The van der Waals surface area contributed by atoms with Crippen molar-refractivity contribution in [1.29, 1.82) is 0 Å².